The van der Waals surface area contributed by atoms with E-state index in [1.165, 1.54) is 18.5 Å². The monoisotopic (exact) mass is 316 g/mol. The van der Waals surface area contributed by atoms with Crippen LogP contribution in [0.15, 0.2) is 36.9 Å². The summed E-state index contributed by atoms with van der Waals surface area (Å²) in [5.41, 5.74) is 1.16. The average Bonchev–Trinajstić information content (AvgIpc) is 3.11. The first-order chi connectivity index (χ1) is 11.1. The Kier molecular flexibility index (Phi) is 4.69. The molecule has 1 atom stereocenters. The molecule has 1 fully saturated rings. The highest BCUT2D eigenvalue weighted by atomic mass is 19.1. The van der Waals surface area contributed by atoms with Crippen molar-refractivity contribution in [1.29, 1.82) is 0 Å². The van der Waals surface area contributed by atoms with Gasteiger partial charge in [-0.1, -0.05) is 12.1 Å². The van der Waals surface area contributed by atoms with Gasteiger partial charge in [0.05, 0.1) is 0 Å². The fourth-order valence-electron chi connectivity index (χ4n) is 3.11. The van der Waals surface area contributed by atoms with Crippen LogP contribution in [0.4, 0.5) is 4.39 Å². The molecule has 1 aliphatic rings. The zero-order valence-corrected chi connectivity index (χ0v) is 13.2. The molecule has 1 saturated heterocycles. The van der Waals surface area contributed by atoms with Gasteiger partial charge in [0.2, 0.25) is 5.91 Å². The molecule has 0 unspecified atom stereocenters. The summed E-state index contributed by atoms with van der Waals surface area (Å²) in [7, 11) is 0. The molecule has 6 heteroatoms. The molecule has 0 N–H and O–H groups in total. The van der Waals surface area contributed by atoms with Gasteiger partial charge in [0.1, 0.15) is 24.5 Å². The molecule has 23 heavy (non-hydrogen) atoms. The van der Waals surface area contributed by atoms with E-state index in [0.29, 0.717) is 5.92 Å². The third-order valence-electron chi connectivity index (χ3n) is 4.55. The number of halogens is 1. The molecular weight excluding hydrogens is 295 g/mol. The van der Waals surface area contributed by atoms with Gasteiger partial charge in [-0.3, -0.25) is 4.79 Å². The molecule has 1 aromatic heterocycles. The molecule has 1 aliphatic heterocycles. The normalized spacial score (nSPS) is 17.2. The number of benzene rings is 1. The molecule has 3 rings (SSSR count). The van der Waals surface area contributed by atoms with Gasteiger partial charge in [0, 0.05) is 13.1 Å². The van der Waals surface area contributed by atoms with E-state index in [2.05, 4.69) is 10.1 Å². The Morgan fingerprint density at radius 1 is 1.30 bits per heavy atom. The van der Waals surface area contributed by atoms with Gasteiger partial charge in [-0.2, -0.15) is 5.10 Å². The predicted octanol–water partition coefficient (Wildman–Crippen LogP) is 2.46. The smallest absolute Gasteiger partial charge is 0.247 e. The topological polar surface area (TPSA) is 51.0 Å². The molecule has 5 nitrogen and oxygen atoms in total. The Morgan fingerprint density at radius 2 is 2.00 bits per heavy atom. The first-order valence-corrected chi connectivity index (χ1v) is 8.01. The average molecular weight is 316 g/mol. The zero-order chi connectivity index (χ0) is 16.2. The molecule has 0 spiro atoms. The predicted molar refractivity (Wildman–Crippen MR) is 84.1 cm³/mol. The highest BCUT2D eigenvalue weighted by molar-refractivity contribution is 5.80. The van der Waals surface area contributed by atoms with Crippen LogP contribution in [0, 0.1) is 11.7 Å². The number of rotatable bonds is 4. The van der Waals surface area contributed by atoms with Crippen LogP contribution in [0.2, 0.25) is 0 Å². The minimum absolute atomic E-state index is 0.0933. The third kappa shape index (κ3) is 3.75. The zero-order valence-electron chi connectivity index (χ0n) is 13.2. The lowest BCUT2D eigenvalue weighted by Crippen LogP contribution is -2.42. The van der Waals surface area contributed by atoms with E-state index in [0.717, 1.165) is 37.9 Å². The molecule has 0 aliphatic carbocycles. The second-order valence-corrected chi connectivity index (χ2v) is 6.15. The van der Waals surface area contributed by atoms with Gasteiger partial charge < -0.3 is 4.90 Å². The first kappa shape index (κ1) is 15.6. The van der Waals surface area contributed by atoms with Crippen molar-refractivity contribution in [3.05, 3.63) is 48.3 Å². The van der Waals surface area contributed by atoms with Crippen molar-refractivity contribution < 1.29 is 9.18 Å². The number of nitrogens with zero attached hydrogens (tertiary/aromatic N) is 4. The van der Waals surface area contributed by atoms with Crippen LogP contribution in [0.25, 0.3) is 0 Å². The summed E-state index contributed by atoms with van der Waals surface area (Å²) in [5, 5.41) is 4.04. The Bertz CT molecular complexity index is 633. The van der Waals surface area contributed by atoms with E-state index in [-0.39, 0.29) is 17.8 Å². The molecular formula is C17H21FN4O. The van der Waals surface area contributed by atoms with Crippen LogP contribution in [0.5, 0.6) is 0 Å². The number of carbonyl (C=O) groups excluding carboxylic acids is 1. The maximum Gasteiger partial charge on any atom is 0.247 e. The van der Waals surface area contributed by atoms with E-state index in [1.54, 1.807) is 11.0 Å². The van der Waals surface area contributed by atoms with Crippen LogP contribution in [0.1, 0.15) is 31.4 Å². The van der Waals surface area contributed by atoms with Crippen LogP contribution in [0.3, 0.4) is 0 Å². The van der Waals surface area contributed by atoms with Gasteiger partial charge in [0.25, 0.3) is 0 Å². The fraction of sp³-hybridized carbons (Fsp3) is 0.471. The molecule has 2 heterocycles. The van der Waals surface area contributed by atoms with Crippen molar-refractivity contribution in [1.82, 2.24) is 19.7 Å². The molecule has 0 radical (unpaired) electrons. The molecule has 0 saturated carbocycles. The van der Waals surface area contributed by atoms with Gasteiger partial charge in [-0.25, -0.2) is 14.1 Å². The number of likely N-dealkylation sites (tertiary alicyclic amines) is 1. The van der Waals surface area contributed by atoms with Crippen molar-refractivity contribution in [3.63, 3.8) is 0 Å². The van der Waals surface area contributed by atoms with Gasteiger partial charge in [0.15, 0.2) is 0 Å². The summed E-state index contributed by atoms with van der Waals surface area (Å²) in [6.07, 6.45) is 5.92. The lowest BCUT2D eigenvalue weighted by Gasteiger charge is -2.33. The first-order valence-electron chi connectivity index (χ1n) is 8.01. The quantitative estimate of drug-likeness (QED) is 0.870. The molecule has 2 aromatic rings. The van der Waals surface area contributed by atoms with Gasteiger partial charge in [-0.15, -0.1) is 0 Å². The second-order valence-electron chi connectivity index (χ2n) is 6.15. The van der Waals surface area contributed by atoms with Crippen molar-refractivity contribution >= 4 is 5.91 Å². The number of aromatic nitrogens is 3. The third-order valence-corrected chi connectivity index (χ3v) is 4.55. The lowest BCUT2D eigenvalue weighted by molar-refractivity contribution is -0.136. The van der Waals surface area contributed by atoms with E-state index in [9.17, 15) is 9.18 Å². The number of hydrogen-bond acceptors (Lipinski definition) is 3. The summed E-state index contributed by atoms with van der Waals surface area (Å²) in [6.45, 7) is 3.38. The standard InChI is InChI=1S/C17H21FN4O/c1-13(22-12-19-11-20-22)17(23)21-8-6-15(7-9-21)10-14-2-4-16(18)5-3-14/h2-5,11-13,15H,6-10H2,1H3/t13-/m0/s1. The van der Waals surface area contributed by atoms with E-state index in [1.807, 2.05) is 24.0 Å². The Morgan fingerprint density at radius 3 is 2.61 bits per heavy atom. The maximum atomic E-state index is 12.9. The Labute approximate surface area is 135 Å². The summed E-state index contributed by atoms with van der Waals surface area (Å²) in [4.78, 5) is 18.3. The molecule has 1 aromatic carbocycles. The summed E-state index contributed by atoms with van der Waals surface area (Å²) in [5.74, 6) is 0.443. The maximum absolute atomic E-state index is 12.9. The van der Waals surface area contributed by atoms with E-state index < -0.39 is 0 Å². The van der Waals surface area contributed by atoms with Crippen molar-refractivity contribution in [2.75, 3.05) is 13.1 Å². The Hall–Kier alpha value is -2.24. The van der Waals surface area contributed by atoms with Gasteiger partial charge >= 0.3 is 0 Å². The summed E-state index contributed by atoms with van der Waals surface area (Å²) >= 11 is 0. The molecule has 122 valence electrons. The minimum atomic E-state index is -0.314. The van der Waals surface area contributed by atoms with E-state index in [4.69, 9.17) is 0 Å². The van der Waals surface area contributed by atoms with Crippen LogP contribution < -0.4 is 0 Å². The summed E-state index contributed by atoms with van der Waals surface area (Å²) in [6, 6.07) is 6.40. The van der Waals surface area contributed by atoms with Crippen molar-refractivity contribution in [2.24, 2.45) is 5.92 Å². The van der Waals surface area contributed by atoms with Crippen molar-refractivity contribution in [3.8, 4) is 0 Å². The Balaban J connectivity index is 1.52. The number of piperidine rings is 1. The van der Waals surface area contributed by atoms with Crippen LogP contribution >= 0.6 is 0 Å². The minimum Gasteiger partial charge on any atom is -0.341 e. The fourth-order valence-corrected chi connectivity index (χ4v) is 3.11. The van der Waals surface area contributed by atoms with Crippen LogP contribution in [-0.4, -0.2) is 38.7 Å². The highest BCUT2D eigenvalue weighted by Crippen LogP contribution is 2.23. The molecule has 0 bridgehead atoms. The van der Waals surface area contributed by atoms with Gasteiger partial charge in [-0.05, 0) is 49.8 Å². The molecule has 1 amide bonds. The second kappa shape index (κ2) is 6.89. The SMILES string of the molecule is C[C@@H](C(=O)N1CCC(Cc2ccc(F)cc2)CC1)n1cncn1. The van der Waals surface area contributed by atoms with E-state index >= 15 is 0 Å². The summed E-state index contributed by atoms with van der Waals surface area (Å²) < 4.78 is 14.5. The highest BCUT2D eigenvalue weighted by Gasteiger charge is 2.27. The number of hydrogen-bond donors (Lipinski definition) is 0. The van der Waals surface area contributed by atoms with Crippen molar-refractivity contribution in [2.45, 2.75) is 32.2 Å². The lowest BCUT2D eigenvalue weighted by atomic mass is 9.90. The van der Waals surface area contributed by atoms with Crippen LogP contribution in [-0.2, 0) is 11.2 Å². The largest absolute Gasteiger partial charge is 0.341 e. The number of amides is 1. The number of carbonyl (C=O) groups is 1.